The Hall–Kier alpha value is -3.11. The summed E-state index contributed by atoms with van der Waals surface area (Å²) < 4.78 is 41.8. The SMILES string of the molecule is CCOc1ccc(-c2nc(COC(=O)c3ccc(N4CCCS4(=O)=O)cc3)cs2)cc1OC. The van der Waals surface area contributed by atoms with Crippen molar-refractivity contribution < 1.29 is 27.4 Å². The van der Waals surface area contributed by atoms with Gasteiger partial charge < -0.3 is 14.2 Å². The summed E-state index contributed by atoms with van der Waals surface area (Å²) in [5, 5.41) is 2.62. The first-order valence-electron chi connectivity index (χ1n) is 10.4. The second-order valence-electron chi connectivity index (χ2n) is 7.31. The van der Waals surface area contributed by atoms with Crippen molar-refractivity contribution in [1.82, 2.24) is 4.98 Å². The van der Waals surface area contributed by atoms with Gasteiger partial charge in [-0.15, -0.1) is 11.3 Å². The Balaban J connectivity index is 1.39. The van der Waals surface area contributed by atoms with Crippen molar-refractivity contribution >= 4 is 33.0 Å². The summed E-state index contributed by atoms with van der Waals surface area (Å²) in [6.45, 7) is 2.95. The van der Waals surface area contributed by atoms with E-state index < -0.39 is 16.0 Å². The van der Waals surface area contributed by atoms with E-state index in [0.29, 0.717) is 48.0 Å². The molecule has 0 radical (unpaired) electrons. The normalized spacial score (nSPS) is 14.8. The number of thiazole rings is 1. The smallest absolute Gasteiger partial charge is 0.338 e. The molecule has 0 saturated carbocycles. The number of ether oxygens (including phenoxy) is 3. The summed E-state index contributed by atoms with van der Waals surface area (Å²) in [4.78, 5) is 17.0. The van der Waals surface area contributed by atoms with E-state index >= 15 is 0 Å². The second-order valence-corrected chi connectivity index (χ2v) is 10.2. The average Bonchev–Trinajstić information content (AvgIpc) is 3.44. The molecule has 8 nitrogen and oxygen atoms in total. The molecule has 0 spiro atoms. The molecule has 0 bridgehead atoms. The summed E-state index contributed by atoms with van der Waals surface area (Å²) in [7, 11) is -1.67. The average molecular weight is 489 g/mol. The van der Waals surface area contributed by atoms with Crippen LogP contribution in [0, 0.1) is 0 Å². The molecule has 1 fully saturated rings. The number of carbonyl (C=O) groups excluding carboxylic acids is 1. The molecule has 0 amide bonds. The monoisotopic (exact) mass is 488 g/mol. The van der Waals surface area contributed by atoms with Crippen molar-refractivity contribution in [1.29, 1.82) is 0 Å². The van der Waals surface area contributed by atoms with Crippen molar-refractivity contribution in [2.75, 3.05) is 30.3 Å². The van der Waals surface area contributed by atoms with Gasteiger partial charge in [0.25, 0.3) is 0 Å². The summed E-state index contributed by atoms with van der Waals surface area (Å²) >= 11 is 1.44. The molecule has 1 aliphatic rings. The number of rotatable bonds is 8. The number of nitrogens with zero attached hydrogens (tertiary/aromatic N) is 2. The van der Waals surface area contributed by atoms with Gasteiger partial charge >= 0.3 is 5.97 Å². The predicted molar refractivity (Wildman–Crippen MR) is 127 cm³/mol. The van der Waals surface area contributed by atoms with Gasteiger partial charge in [0, 0.05) is 17.5 Å². The van der Waals surface area contributed by atoms with Gasteiger partial charge in [0.2, 0.25) is 10.0 Å². The van der Waals surface area contributed by atoms with Gasteiger partial charge in [0.1, 0.15) is 11.6 Å². The first-order chi connectivity index (χ1) is 15.9. The van der Waals surface area contributed by atoms with Crippen LogP contribution >= 0.6 is 11.3 Å². The lowest BCUT2D eigenvalue weighted by atomic mass is 10.2. The zero-order chi connectivity index (χ0) is 23.4. The zero-order valence-electron chi connectivity index (χ0n) is 18.3. The van der Waals surface area contributed by atoms with Crippen LogP contribution in [0.2, 0.25) is 0 Å². The van der Waals surface area contributed by atoms with Gasteiger partial charge in [-0.3, -0.25) is 4.31 Å². The number of hydrogen-bond donors (Lipinski definition) is 0. The Morgan fingerprint density at radius 2 is 1.94 bits per heavy atom. The van der Waals surface area contributed by atoms with E-state index in [9.17, 15) is 13.2 Å². The molecule has 3 aromatic rings. The highest BCUT2D eigenvalue weighted by Gasteiger charge is 2.28. The van der Waals surface area contributed by atoms with E-state index in [1.807, 2.05) is 30.5 Å². The fraction of sp³-hybridized carbons (Fsp3) is 0.304. The lowest BCUT2D eigenvalue weighted by Crippen LogP contribution is -2.25. The highest BCUT2D eigenvalue weighted by molar-refractivity contribution is 7.93. The van der Waals surface area contributed by atoms with Crippen molar-refractivity contribution in [2.45, 2.75) is 20.0 Å². The molecular weight excluding hydrogens is 464 g/mol. The van der Waals surface area contributed by atoms with Crippen LogP contribution in [0.5, 0.6) is 11.5 Å². The van der Waals surface area contributed by atoms with Crippen molar-refractivity contribution in [3.63, 3.8) is 0 Å². The van der Waals surface area contributed by atoms with Crippen LogP contribution in [0.4, 0.5) is 5.69 Å². The lowest BCUT2D eigenvalue weighted by molar-refractivity contribution is 0.0468. The molecule has 10 heteroatoms. The van der Waals surface area contributed by atoms with Gasteiger partial charge in [0.15, 0.2) is 11.5 Å². The maximum atomic E-state index is 12.4. The molecule has 1 saturated heterocycles. The molecule has 0 unspecified atom stereocenters. The Morgan fingerprint density at radius 3 is 2.61 bits per heavy atom. The van der Waals surface area contributed by atoms with E-state index in [1.165, 1.54) is 15.6 Å². The van der Waals surface area contributed by atoms with Crippen molar-refractivity contribution in [3.05, 3.63) is 59.1 Å². The number of methoxy groups -OCH3 is 1. The van der Waals surface area contributed by atoms with Gasteiger partial charge in [-0.25, -0.2) is 18.2 Å². The van der Waals surface area contributed by atoms with Gasteiger partial charge in [-0.2, -0.15) is 0 Å². The maximum Gasteiger partial charge on any atom is 0.338 e. The largest absolute Gasteiger partial charge is 0.493 e. The van der Waals surface area contributed by atoms with Crippen LogP contribution in [0.1, 0.15) is 29.4 Å². The molecule has 0 N–H and O–H groups in total. The fourth-order valence-corrected chi connectivity index (χ4v) is 5.86. The van der Waals surface area contributed by atoms with E-state index in [0.717, 1.165) is 10.6 Å². The minimum atomic E-state index is -3.25. The number of sulfonamides is 1. The van der Waals surface area contributed by atoms with Crippen LogP contribution in [0.15, 0.2) is 47.8 Å². The van der Waals surface area contributed by atoms with E-state index in [2.05, 4.69) is 4.98 Å². The number of benzene rings is 2. The molecule has 2 aromatic carbocycles. The Morgan fingerprint density at radius 1 is 1.15 bits per heavy atom. The lowest BCUT2D eigenvalue weighted by Gasteiger charge is -2.16. The van der Waals surface area contributed by atoms with Crippen LogP contribution in [0.25, 0.3) is 10.6 Å². The second kappa shape index (κ2) is 9.80. The first kappa shape index (κ1) is 23.1. The minimum absolute atomic E-state index is 0.0335. The maximum absolute atomic E-state index is 12.4. The van der Waals surface area contributed by atoms with Crippen molar-refractivity contribution in [3.8, 4) is 22.1 Å². The molecule has 4 rings (SSSR count). The third-order valence-electron chi connectivity index (χ3n) is 5.10. The Labute approximate surface area is 196 Å². The molecule has 2 heterocycles. The molecule has 174 valence electrons. The Bertz CT molecular complexity index is 1240. The van der Waals surface area contributed by atoms with Gasteiger partial charge in [0.05, 0.1) is 36.4 Å². The highest BCUT2D eigenvalue weighted by atomic mass is 32.2. The molecular formula is C23H24N2O6S2. The summed E-state index contributed by atoms with van der Waals surface area (Å²) in [6.07, 6.45) is 0.602. The van der Waals surface area contributed by atoms with Crippen LogP contribution in [-0.2, 0) is 21.4 Å². The Kier molecular flexibility index (Phi) is 6.85. The number of hydrogen-bond acceptors (Lipinski definition) is 8. The topological polar surface area (TPSA) is 95.0 Å². The quantitative estimate of drug-likeness (QED) is 0.440. The van der Waals surface area contributed by atoms with Gasteiger partial charge in [-0.1, -0.05) is 0 Å². The van der Waals surface area contributed by atoms with Crippen LogP contribution in [0.3, 0.4) is 0 Å². The molecule has 33 heavy (non-hydrogen) atoms. The van der Waals surface area contributed by atoms with Crippen LogP contribution in [-0.4, -0.2) is 45.4 Å². The molecule has 1 aromatic heterocycles. The molecule has 1 aliphatic heterocycles. The van der Waals surface area contributed by atoms with E-state index in [4.69, 9.17) is 14.2 Å². The zero-order valence-corrected chi connectivity index (χ0v) is 19.9. The summed E-state index contributed by atoms with van der Waals surface area (Å²) in [6, 6.07) is 12.0. The number of aromatic nitrogens is 1. The third kappa shape index (κ3) is 5.12. The number of carbonyl (C=O) groups is 1. The van der Waals surface area contributed by atoms with E-state index in [1.54, 1.807) is 31.4 Å². The fourth-order valence-electron chi connectivity index (χ4n) is 3.50. The third-order valence-corrected chi connectivity index (χ3v) is 7.91. The van der Waals surface area contributed by atoms with E-state index in [-0.39, 0.29) is 12.4 Å². The summed E-state index contributed by atoms with van der Waals surface area (Å²) in [5.41, 5.74) is 2.42. The number of esters is 1. The first-order valence-corrected chi connectivity index (χ1v) is 12.9. The van der Waals surface area contributed by atoms with Crippen molar-refractivity contribution in [2.24, 2.45) is 0 Å². The van der Waals surface area contributed by atoms with Crippen LogP contribution < -0.4 is 13.8 Å². The highest BCUT2D eigenvalue weighted by Crippen LogP contribution is 2.34. The number of anilines is 1. The minimum Gasteiger partial charge on any atom is -0.493 e. The standard InChI is InChI=1S/C23H24N2O6S2/c1-3-30-20-10-7-17(13-21(20)29-2)22-24-18(15-32-22)14-31-23(26)16-5-8-19(9-6-16)25-11-4-12-33(25,27)28/h5-10,13,15H,3-4,11-12,14H2,1-2H3. The molecule has 0 atom stereocenters. The summed E-state index contributed by atoms with van der Waals surface area (Å²) in [5.74, 6) is 0.948. The predicted octanol–water partition coefficient (Wildman–Crippen LogP) is 4.11. The van der Waals surface area contributed by atoms with Gasteiger partial charge in [-0.05, 0) is 55.8 Å². The molecule has 0 aliphatic carbocycles.